The van der Waals surface area contributed by atoms with Crippen molar-refractivity contribution in [1.82, 2.24) is 9.55 Å². The fourth-order valence-corrected chi connectivity index (χ4v) is 3.78. The Balaban J connectivity index is 1.50. The zero-order valence-electron chi connectivity index (χ0n) is 14.4. The van der Waals surface area contributed by atoms with Crippen LogP contribution in [-0.4, -0.2) is 22.1 Å². The quantitative estimate of drug-likeness (QED) is 0.560. The molecule has 0 aliphatic carbocycles. The number of benzene rings is 2. The molecule has 0 atom stereocenters. The Morgan fingerprint density at radius 1 is 1.15 bits per heavy atom. The highest BCUT2D eigenvalue weighted by molar-refractivity contribution is 6.08. The first-order valence-corrected chi connectivity index (χ1v) is 8.70. The standard InChI is InChI=1S/C21H18N4O/c1-24-9-6-14-12-20-15(11-19(14)24)7-10-25(20)21(26)23-18-4-2-3-16-13-22-8-5-17(16)18/h2-6,8-9,11-13H,7,10H2,1H3,(H,23,26). The molecule has 0 spiro atoms. The average Bonchev–Trinajstić information content (AvgIpc) is 3.24. The highest BCUT2D eigenvalue weighted by atomic mass is 16.2. The number of anilines is 2. The predicted molar refractivity (Wildman–Crippen MR) is 105 cm³/mol. The molecule has 0 saturated heterocycles. The summed E-state index contributed by atoms with van der Waals surface area (Å²) >= 11 is 0. The summed E-state index contributed by atoms with van der Waals surface area (Å²) in [6, 6.07) is 14.1. The van der Waals surface area contributed by atoms with Crippen molar-refractivity contribution in [3.8, 4) is 0 Å². The summed E-state index contributed by atoms with van der Waals surface area (Å²) in [6.45, 7) is 0.698. The molecule has 0 bridgehead atoms. The molecule has 5 nitrogen and oxygen atoms in total. The van der Waals surface area contributed by atoms with Crippen LogP contribution in [0.3, 0.4) is 0 Å². The predicted octanol–water partition coefficient (Wildman–Crippen LogP) is 4.32. The molecular formula is C21H18N4O. The van der Waals surface area contributed by atoms with E-state index in [4.69, 9.17) is 0 Å². The van der Waals surface area contributed by atoms with Crippen LogP contribution in [0.15, 0.2) is 61.1 Å². The lowest BCUT2D eigenvalue weighted by atomic mass is 10.1. The van der Waals surface area contributed by atoms with Gasteiger partial charge in [-0.15, -0.1) is 0 Å². The van der Waals surface area contributed by atoms with E-state index < -0.39 is 0 Å². The van der Waals surface area contributed by atoms with Gasteiger partial charge in [0.15, 0.2) is 0 Å². The molecular weight excluding hydrogens is 324 g/mol. The molecule has 0 radical (unpaired) electrons. The number of amides is 2. The normalized spacial score (nSPS) is 13.3. The van der Waals surface area contributed by atoms with Crippen molar-refractivity contribution in [2.45, 2.75) is 6.42 Å². The van der Waals surface area contributed by atoms with E-state index in [-0.39, 0.29) is 6.03 Å². The molecule has 3 heterocycles. The van der Waals surface area contributed by atoms with Gasteiger partial charge in [0, 0.05) is 59.5 Å². The van der Waals surface area contributed by atoms with Crippen molar-refractivity contribution < 1.29 is 4.79 Å². The van der Waals surface area contributed by atoms with E-state index >= 15 is 0 Å². The van der Waals surface area contributed by atoms with Gasteiger partial charge >= 0.3 is 6.03 Å². The van der Waals surface area contributed by atoms with Crippen LogP contribution in [0.25, 0.3) is 21.7 Å². The van der Waals surface area contributed by atoms with Crippen molar-refractivity contribution >= 4 is 39.1 Å². The van der Waals surface area contributed by atoms with E-state index in [1.165, 1.54) is 11.1 Å². The van der Waals surface area contributed by atoms with Crippen molar-refractivity contribution in [3.63, 3.8) is 0 Å². The fourth-order valence-electron chi connectivity index (χ4n) is 3.78. The fraction of sp³-hybridized carbons (Fsp3) is 0.143. The number of nitrogens with zero attached hydrogens (tertiary/aromatic N) is 3. The lowest BCUT2D eigenvalue weighted by Gasteiger charge is -2.19. The number of aryl methyl sites for hydroxylation is 1. The summed E-state index contributed by atoms with van der Waals surface area (Å²) in [5.41, 5.74) is 4.23. The van der Waals surface area contributed by atoms with Gasteiger partial charge in [0.2, 0.25) is 0 Å². The number of fused-ring (bicyclic) bond motifs is 3. The van der Waals surface area contributed by atoms with E-state index in [0.29, 0.717) is 6.54 Å². The maximum Gasteiger partial charge on any atom is 0.326 e. The summed E-state index contributed by atoms with van der Waals surface area (Å²) in [7, 11) is 2.05. The van der Waals surface area contributed by atoms with Crippen molar-refractivity contribution in [2.75, 3.05) is 16.8 Å². The first-order valence-electron chi connectivity index (χ1n) is 8.70. The van der Waals surface area contributed by atoms with Crippen LogP contribution < -0.4 is 10.2 Å². The second kappa shape index (κ2) is 5.59. The summed E-state index contributed by atoms with van der Waals surface area (Å²) in [5, 5.41) is 6.24. The minimum Gasteiger partial charge on any atom is -0.351 e. The van der Waals surface area contributed by atoms with Crippen LogP contribution in [0.2, 0.25) is 0 Å². The molecule has 2 amide bonds. The lowest BCUT2D eigenvalue weighted by molar-refractivity contribution is 0.257. The summed E-state index contributed by atoms with van der Waals surface area (Å²) in [4.78, 5) is 18.9. The van der Waals surface area contributed by atoms with Gasteiger partial charge in [0.25, 0.3) is 0 Å². The van der Waals surface area contributed by atoms with E-state index in [2.05, 4.69) is 33.1 Å². The molecule has 0 unspecified atom stereocenters. The number of nitrogens with one attached hydrogen (secondary N) is 1. The van der Waals surface area contributed by atoms with Crippen LogP contribution >= 0.6 is 0 Å². The third-order valence-corrected chi connectivity index (χ3v) is 5.15. The van der Waals surface area contributed by atoms with Crippen molar-refractivity contribution in [2.24, 2.45) is 7.05 Å². The molecule has 0 saturated carbocycles. The zero-order chi connectivity index (χ0) is 17.7. The van der Waals surface area contributed by atoms with Gasteiger partial charge in [-0.25, -0.2) is 4.79 Å². The van der Waals surface area contributed by atoms with Gasteiger partial charge in [-0.1, -0.05) is 12.1 Å². The summed E-state index contributed by atoms with van der Waals surface area (Å²) in [6.07, 6.45) is 6.48. The van der Waals surface area contributed by atoms with Crippen LogP contribution in [-0.2, 0) is 13.5 Å². The summed E-state index contributed by atoms with van der Waals surface area (Å²) < 4.78 is 2.11. The van der Waals surface area contributed by atoms with Gasteiger partial charge < -0.3 is 9.88 Å². The Labute approximate surface area is 150 Å². The maximum atomic E-state index is 13.0. The number of carbonyl (C=O) groups is 1. The molecule has 0 fully saturated rings. The van der Waals surface area contributed by atoms with Gasteiger partial charge in [-0.3, -0.25) is 9.88 Å². The molecule has 4 aromatic rings. The van der Waals surface area contributed by atoms with E-state index in [9.17, 15) is 4.79 Å². The minimum atomic E-state index is -0.0941. The number of pyridine rings is 1. The Kier molecular flexibility index (Phi) is 3.22. The highest BCUT2D eigenvalue weighted by Gasteiger charge is 2.26. The molecule has 1 N–H and O–H groups in total. The van der Waals surface area contributed by atoms with E-state index in [1.54, 1.807) is 6.20 Å². The molecule has 26 heavy (non-hydrogen) atoms. The molecule has 1 aliphatic heterocycles. The Morgan fingerprint density at radius 2 is 2.08 bits per heavy atom. The monoisotopic (exact) mass is 342 g/mol. The van der Waals surface area contributed by atoms with Gasteiger partial charge in [0.05, 0.1) is 5.69 Å². The number of urea groups is 1. The van der Waals surface area contributed by atoms with Crippen LogP contribution in [0, 0.1) is 0 Å². The molecule has 2 aromatic carbocycles. The number of rotatable bonds is 1. The first-order chi connectivity index (χ1) is 12.7. The number of carbonyl (C=O) groups excluding carboxylic acids is 1. The second-order valence-corrected chi connectivity index (χ2v) is 6.70. The SMILES string of the molecule is Cn1ccc2cc3c(cc21)CCN3C(=O)Nc1cccc2cnccc12. The summed E-state index contributed by atoms with van der Waals surface area (Å²) in [5.74, 6) is 0. The van der Waals surface area contributed by atoms with Crippen LogP contribution in [0.4, 0.5) is 16.2 Å². The average molecular weight is 342 g/mol. The lowest BCUT2D eigenvalue weighted by Crippen LogP contribution is -2.33. The van der Waals surface area contributed by atoms with E-state index in [1.807, 2.05) is 48.6 Å². The number of hydrogen-bond donors (Lipinski definition) is 1. The van der Waals surface area contributed by atoms with Crippen molar-refractivity contribution in [3.05, 3.63) is 66.6 Å². The van der Waals surface area contributed by atoms with Gasteiger partial charge in [-0.2, -0.15) is 0 Å². The Morgan fingerprint density at radius 3 is 3.00 bits per heavy atom. The van der Waals surface area contributed by atoms with Crippen LogP contribution in [0.5, 0.6) is 0 Å². The number of hydrogen-bond acceptors (Lipinski definition) is 2. The minimum absolute atomic E-state index is 0.0941. The molecule has 2 aromatic heterocycles. The van der Waals surface area contributed by atoms with Crippen LogP contribution in [0.1, 0.15) is 5.56 Å². The van der Waals surface area contributed by atoms with Gasteiger partial charge in [-0.05, 0) is 42.3 Å². The Bertz CT molecular complexity index is 1160. The van der Waals surface area contributed by atoms with Gasteiger partial charge in [0.1, 0.15) is 0 Å². The molecule has 128 valence electrons. The molecule has 5 heteroatoms. The topological polar surface area (TPSA) is 50.2 Å². The highest BCUT2D eigenvalue weighted by Crippen LogP contribution is 2.33. The zero-order valence-corrected chi connectivity index (χ0v) is 14.4. The van der Waals surface area contributed by atoms with E-state index in [0.717, 1.165) is 34.0 Å². The largest absolute Gasteiger partial charge is 0.351 e. The maximum absolute atomic E-state index is 13.0. The number of aromatic nitrogens is 2. The molecule has 5 rings (SSSR count). The first kappa shape index (κ1) is 15.0. The smallest absolute Gasteiger partial charge is 0.326 e. The Hall–Kier alpha value is -3.34. The third kappa shape index (κ3) is 2.24. The third-order valence-electron chi connectivity index (χ3n) is 5.15. The van der Waals surface area contributed by atoms with Crippen molar-refractivity contribution in [1.29, 1.82) is 0 Å². The second-order valence-electron chi connectivity index (χ2n) is 6.70. The molecule has 1 aliphatic rings.